The SMILES string of the molecule is CCC(CC)(CN)C(=O)NCc1ccc(F)c(Cl)c1. The average Bonchev–Trinajstić information content (AvgIpc) is 2.42. The van der Waals surface area contributed by atoms with Crippen LogP contribution in [0.4, 0.5) is 4.39 Å². The van der Waals surface area contributed by atoms with Gasteiger partial charge in [-0.15, -0.1) is 0 Å². The van der Waals surface area contributed by atoms with Gasteiger partial charge in [-0.1, -0.05) is 31.5 Å². The van der Waals surface area contributed by atoms with Crippen LogP contribution in [0.15, 0.2) is 18.2 Å². The van der Waals surface area contributed by atoms with Gasteiger partial charge >= 0.3 is 0 Å². The predicted octanol–water partition coefficient (Wildman–Crippen LogP) is 2.86. The Morgan fingerprint density at radius 1 is 1.42 bits per heavy atom. The van der Waals surface area contributed by atoms with Crippen molar-refractivity contribution in [2.75, 3.05) is 6.54 Å². The van der Waals surface area contributed by atoms with Gasteiger partial charge in [-0.2, -0.15) is 0 Å². The zero-order chi connectivity index (χ0) is 14.5. The molecule has 106 valence electrons. The Labute approximate surface area is 118 Å². The van der Waals surface area contributed by atoms with Crippen molar-refractivity contribution in [2.45, 2.75) is 33.2 Å². The first-order valence-electron chi connectivity index (χ1n) is 6.41. The molecule has 0 saturated heterocycles. The van der Waals surface area contributed by atoms with E-state index < -0.39 is 11.2 Å². The number of carbonyl (C=O) groups excluding carboxylic acids is 1. The number of amides is 1. The number of halogens is 2. The minimum Gasteiger partial charge on any atom is -0.352 e. The van der Waals surface area contributed by atoms with Gasteiger partial charge in [-0.3, -0.25) is 4.79 Å². The van der Waals surface area contributed by atoms with Crippen molar-refractivity contribution in [3.63, 3.8) is 0 Å². The third kappa shape index (κ3) is 3.67. The molecule has 0 radical (unpaired) electrons. The van der Waals surface area contributed by atoms with E-state index in [-0.39, 0.29) is 10.9 Å². The maximum Gasteiger partial charge on any atom is 0.227 e. The molecule has 19 heavy (non-hydrogen) atoms. The Balaban J connectivity index is 2.70. The van der Waals surface area contributed by atoms with E-state index in [1.54, 1.807) is 6.07 Å². The van der Waals surface area contributed by atoms with Crippen molar-refractivity contribution < 1.29 is 9.18 Å². The molecule has 0 saturated carbocycles. The van der Waals surface area contributed by atoms with Gasteiger partial charge in [0, 0.05) is 13.1 Å². The number of hydrogen-bond acceptors (Lipinski definition) is 2. The van der Waals surface area contributed by atoms with E-state index in [4.69, 9.17) is 17.3 Å². The van der Waals surface area contributed by atoms with Crippen molar-refractivity contribution in [2.24, 2.45) is 11.1 Å². The van der Waals surface area contributed by atoms with E-state index in [1.165, 1.54) is 12.1 Å². The molecule has 1 amide bonds. The van der Waals surface area contributed by atoms with Crippen LogP contribution in [0.1, 0.15) is 32.3 Å². The highest BCUT2D eigenvalue weighted by molar-refractivity contribution is 6.30. The molecule has 0 bridgehead atoms. The van der Waals surface area contributed by atoms with Crippen molar-refractivity contribution in [3.8, 4) is 0 Å². The largest absolute Gasteiger partial charge is 0.352 e. The zero-order valence-electron chi connectivity index (χ0n) is 11.3. The normalized spacial score (nSPS) is 11.4. The summed E-state index contributed by atoms with van der Waals surface area (Å²) >= 11 is 5.69. The van der Waals surface area contributed by atoms with Gasteiger partial charge in [0.15, 0.2) is 0 Å². The Kier molecular flexibility index (Phi) is 5.76. The second-order valence-electron chi connectivity index (χ2n) is 4.62. The molecule has 0 unspecified atom stereocenters. The van der Waals surface area contributed by atoms with Gasteiger partial charge in [-0.05, 0) is 30.5 Å². The van der Waals surface area contributed by atoms with Crippen LogP contribution in [-0.4, -0.2) is 12.5 Å². The monoisotopic (exact) mass is 286 g/mol. The summed E-state index contributed by atoms with van der Waals surface area (Å²) in [7, 11) is 0. The third-order valence-corrected chi connectivity index (χ3v) is 3.95. The first-order chi connectivity index (χ1) is 8.99. The summed E-state index contributed by atoms with van der Waals surface area (Å²) in [6.45, 7) is 4.53. The van der Waals surface area contributed by atoms with Crippen LogP contribution < -0.4 is 11.1 Å². The van der Waals surface area contributed by atoms with Crippen molar-refractivity contribution in [3.05, 3.63) is 34.6 Å². The molecule has 3 nitrogen and oxygen atoms in total. The van der Waals surface area contributed by atoms with Crippen LogP contribution in [0.3, 0.4) is 0 Å². The fourth-order valence-electron chi connectivity index (χ4n) is 1.97. The zero-order valence-corrected chi connectivity index (χ0v) is 12.1. The molecular weight excluding hydrogens is 267 g/mol. The van der Waals surface area contributed by atoms with E-state index in [0.29, 0.717) is 25.9 Å². The molecule has 1 rings (SSSR count). The molecule has 3 N–H and O–H groups in total. The summed E-state index contributed by atoms with van der Waals surface area (Å²) in [5.74, 6) is -0.532. The number of carbonyl (C=O) groups is 1. The van der Waals surface area contributed by atoms with Gasteiger partial charge in [0.05, 0.1) is 10.4 Å². The summed E-state index contributed by atoms with van der Waals surface area (Å²) in [6, 6.07) is 4.41. The summed E-state index contributed by atoms with van der Waals surface area (Å²) < 4.78 is 13.0. The van der Waals surface area contributed by atoms with Crippen molar-refractivity contribution >= 4 is 17.5 Å². The molecule has 0 aliphatic carbocycles. The highest BCUT2D eigenvalue weighted by Crippen LogP contribution is 2.25. The van der Waals surface area contributed by atoms with Crippen LogP contribution in [0.5, 0.6) is 0 Å². The molecule has 1 aromatic rings. The van der Waals surface area contributed by atoms with E-state index in [0.717, 1.165) is 5.56 Å². The summed E-state index contributed by atoms with van der Waals surface area (Å²) in [5.41, 5.74) is 5.95. The van der Waals surface area contributed by atoms with Crippen LogP contribution >= 0.6 is 11.6 Å². The molecule has 0 aromatic heterocycles. The van der Waals surface area contributed by atoms with Crippen molar-refractivity contribution in [1.29, 1.82) is 0 Å². The number of benzene rings is 1. The topological polar surface area (TPSA) is 55.1 Å². The van der Waals surface area contributed by atoms with E-state index >= 15 is 0 Å². The maximum absolute atomic E-state index is 13.0. The molecule has 0 atom stereocenters. The lowest BCUT2D eigenvalue weighted by atomic mass is 9.81. The molecule has 0 spiro atoms. The molecular formula is C14H20ClFN2O. The Morgan fingerprint density at radius 3 is 2.53 bits per heavy atom. The average molecular weight is 287 g/mol. The number of hydrogen-bond donors (Lipinski definition) is 2. The first-order valence-corrected chi connectivity index (χ1v) is 6.79. The van der Waals surface area contributed by atoms with Gasteiger partial charge in [0.1, 0.15) is 5.82 Å². The van der Waals surface area contributed by atoms with Crippen LogP contribution in [0.25, 0.3) is 0 Å². The summed E-state index contributed by atoms with van der Waals surface area (Å²) in [5, 5.41) is 2.90. The lowest BCUT2D eigenvalue weighted by Crippen LogP contribution is -2.45. The molecule has 0 fully saturated rings. The van der Waals surface area contributed by atoms with E-state index in [9.17, 15) is 9.18 Å². The van der Waals surface area contributed by atoms with E-state index in [2.05, 4.69) is 5.32 Å². The fraction of sp³-hybridized carbons (Fsp3) is 0.500. The molecule has 5 heteroatoms. The van der Waals surface area contributed by atoms with Gasteiger partial charge < -0.3 is 11.1 Å². The molecule has 0 aliphatic heterocycles. The molecule has 1 aromatic carbocycles. The summed E-state index contributed by atoms with van der Waals surface area (Å²) in [6.07, 6.45) is 1.38. The maximum atomic E-state index is 13.0. The highest BCUT2D eigenvalue weighted by Gasteiger charge is 2.32. The van der Waals surface area contributed by atoms with Gasteiger partial charge in [-0.25, -0.2) is 4.39 Å². The minimum atomic E-state index is -0.524. The fourth-order valence-corrected chi connectivity index (χ4v) is 2.18. The number of rotatable bonds is 6. The lowest BCUT2D eigenvalue weighted by molar-refractivity contribution is -0.131. The Hall–Kier alpha value is -1.13. The molecule has 0 heterocycles. The highest BCUT2D eigenvalue weighted by atomic mass is 35.5. The molecule has 0 aliphatic rings. The minimum absolute atomic E-state index is 0.0582. The van der Waals surface area contributed by atoms with Gasteiger partial charge in [0.2, 0.25) is 5.91 Å². The predicted molar refractivity (Wildman–Crippen MR) is 75.3 cm³/mol. The van der Waals surface area contributed by atoms with Crippen molar-refractivity contribution in [1.82, 2.24) is 5.32 Å². The Morgan fingerprint density at radius 2 is 2.05 bits per heavy atom. The van der Waals surface area contributed by atoms with Gasteiger partial charge in [0.25, 0.3) is 0 Å². The first kappa shape index (κ1) is 15.9. The van der Waals surface area contributed by atoms with Crippen LogP contribution in [-0.2, 0) is 11.3 Å². The Bertz CT molecular complexity index is 439. The van der Waals surface area contributed by atoms with Crippen LogP contribution in [0, 0.1) is 11.2 Å². The third-order valence-electron chi connectivity index (χ3n) is 3.66. The van der Waals surface area contributed by atoms with Crippen LogP contribution in [0.2, 0.25) is 5.02 Å². The smallest absolute Gasteiger partial charge is 0.227 e. The second kappa shape index (κ2) is 6.87. The summed E-state index contributed by atoms with van der Waals surface area (Å²) in [4.78, 5) is 12.2. The number of nitrogens with two attached hydrogens (primary N) is 1. The standard InChI is InChI=1S/C14H20ClFN2O/c1-3-14(4-2,9-17)13(19)18-8-10-5-6-12(16)11(15)7-10/h5-7H,3-4,8-9,17H2,1-2H3,(H,18,19). The lowest BCUT2D eigenvalue weighted by Gasteiger charge is -2.28. The van der Waals surface area contributed by atoms with E-state index in [1.807, 2.05) is 13.8 Å². The second-order valence-corrected chi connectivity index (χ2v) is 5.03. The quantitative estimate of drug-likeness (QED) is 0.845. The number of nitrogens with one attached hydrogen (secondary N) is 1.